The lowest BCUT2D eigenvalue weighted by molar-refractivity contribution is 0.0839. The van der Waals surface area contributed by atoms with Crippen molar-refractivity contribution >= 4 is 22.4 Å². The molecule has 1 aromatic heterocycles. The summed E-state index contributed by atoms with van der Waals surface area (Å²) in [7, 11) is 0. The molecule has 0 aliphatic carbocycles. The highest BCUT2D eigenvalue weighted by Gasteiger charge is 2.33. The molecule has 0 saturated carbocycles. The average molecular weight is 270 g/mol. The van der Waals surface area contributed by atoms with Gasteiger partial charge in [-0.1, -0.05) is 18.2 Å². The van der Waals surface area contributed by atoms with Crippen LogP contribution < -0.4 is 10.6 Å². The fraction of sp³-hybridized carbons (Fsp3) is 0.333. The number of aliphatic hydroxyl groups is 1. The van der Waals surface area contributed by atoms with Gasteiger partial charge in [0.1, 0.15) is 5.84 Å². The molecule has 5 nitrogen and oxygen atoms in total. The lowest BCUT2D eigenvalue weighted by Gasteiger charge is -2.24. The number of fused-ring (bicyclic) bond motifs is 1. The van der Waals surface area contributed by atoms with Gasteiger partial charge in [0.2, 0.25) is 0 Å². The zero-order chi connectivity index (χ0) is 14.3. The Labute approximate surface area is 117 Å². The topological polar surface area (TPSA) is 86.2 Å². The molecule has 104 valence electrons. The largest absolute Gasteiger partial charge is 0.388 e. The number of pyridine rings is 1. The smallest absolute Gasteiger partial charge is 0.126 e. The van der Waals surface area contributed by atoms with Crippen molar-refractivity contribution in [2.45, 2.75) is 18.9 Å². The van der Waals surface area contributed by atoms with E-state index in [0.717, 1.165) is 23.1 Å². The molecule has 1 atom stereocenters. The van der Waals surface area contributed by atoms with Crippen molar-refractivity contribution in [1.82, 2.24) is 4.98 Å². The SMILES string of the molecule is CC1(O)CCN(c2c(C(=N)N)cnc3ccccc23)C1. The lowest BCUT2D eigenvalue weighted by Crippen LogP contribution is -2.31. The molecule has 20 heavy (non-hydrogen) atoms. The molecule has 2 aromatic rings. The van der Waals surface area contributed by atoms with Crippen molar-refractivity contribution in [2.24, 2.45) is 5.73 Å². The normalized spacial score (nSPS) is 22.4. The second-order valence-electron chi connectivity index (χ2n) is 5.62. The molecule has 0 spiro atoms. The first kappa shape index (κ1) is 12.9. The van der Waals surface area contributed by atoms with Crippen molar-refractivity contribution in [2.75, 3.05) is 18.0 Å². The quantitative estimate of drug-likeness (QED) is 0.570. The maximum atomic E-state index is 10.2. The van der Waals surface area contributed by atoms with E-state index in [1.165, 1.54) is 0 Å². The molecule has 1 aliphatic rings. The number of hydrogen-bond acceptors (Lipinski definition) is 4. The summed E-state index contributed by atoms with van der Waals surface area (Å²) in [5.74, 6) is 0.00444. The summed E-state index contributed by atoms with van der Waals surface area (Å²) in [6.07, 6.45) is 2.36. The van der Waals surface area contributed by atoms with E-state index >= 15 is 0 Å². The van der Waals surface area contributed by atoms with Crippen molar-refractivity contribution < 1.29 is 5.11 Å². The number of rotatable bonds is 2. The molecule has 5 heteroatoms. The van der Waals surface area contributed by atoms with Crippen LogP contribution in [0.15, 0.2) is 30.5 Å². The number of nitrogens with zero attached hydrogens (tertiary/aromatic N) is 2. The molecule has 3 rings (SSSR count). The minimum atomic E-state index is -0.696. The monoisotopic (exact) mass is 270 g/mol. The van der Waals surface area contributed by atoms with Gasteiger partial charge >= 0.3 is 0 Å². The third-order valence-electron chi connectivity index (χ3n) is 3.81. The van der Waals surface area contributed by atoms with Gasteiger partial charge in [-0.25, -0.2) is 0 Å². The maximum absolute atomic E-state index is 10.2. The highest BCUT2D eigenvalue weighted by Crippen LogP contribution is 2.34. The zero-order valence-corrected chi connectivity index (χ0v) is 11.4. The van der Waals surface area contributed by atoms with Gasteiger partial charge in [-0.2, -0.15) is 0 Å². The van der Waals surface area contributed by atoms with Crippen molar-refractivity contribution in [1.29, 1.82) is 5.41 Å². The minimum absolute atomic E-state index is 0.00444. The highest BCUT2D eigenvalue weighted by molar-refractivity contribution is 6.07. The first-order chi connectivity index (χ1) is 9.48. The van der Waals surface area contributed by atoms with Gasteiger partial charge in [-0.15, -0.1) is 0 Å². The van der Waals surface area contributed by atoms with Crippen LogP contribution in [-0.2, 0) is 0 Å². The Balaban J connectivity index is 2.21. The molecule has 1 fully saturated rings. The second kappa shape index (κ2) is 4.45. The average Bonchev–Trinajstić information content (AvgIpc) is 2.77. The molecule has 0 radical (unpaired) electrons. The summed E-state index contributed by atoms with van der Waals surface area (Å²) in [6, 6.07) is 7.81. The van der Waals surface area contributed by atoms with Crippen LogP contribution >= 0.6 is 0 Å². The standard InChI is InChI=1S/C15H18N4O/c1-15(20)6-7-19(9-15)13-10-4-2-3-5-12(10)18-8-11(13)14(16)17/h2-5,8,20H,6-7,9H2,1H3,(H3,16,17). The van der Waals surface area contributed by atoms with Gasteiger partial charge in [0.15, 0.2) is 0 Å². The number of aromatic nitrogens is 1. The first-order valence-electron chi connectivity index (χ1n) is 6.67. The first-order valence-corrected chi connectivity index (χ1v) is 6.67. The molecule has 4 N–H and O–H groups in total. The van der Waals surface area contributed by atoms with E-state index in [4.69, 9.17) is 11.1 Å². The summed E-state index contributed by atoms with van der Waals surface area (Å²) < 4.78 is 0. The number of nitrogens with two attached hydrogens (primary N) is 1. The summed E-state index contributed by atoms with van der Waals surface area (Å²) in [6.45, 7) is 3.13. The van der Waals surface area contributed by atoms with Crippen LogP contribution in [0, 0.1) is 5.41 Å². The van der Waals surface area contributed by atoms with Crippen LogP contribution in [0.25, 0.3) is 10.9 Å². The molecule has 0 bridgehead atoms. The van der Waals surface area contributed by atoms with Gasteiger partial charge < -0.3 is 15.7 Å². The number of para-hydroxylation sites is 1. The predicted octanol–water partition coefficient (Wildman–Crippen LogP) is 1.48. The van der Waals surface area contributed by atoms with Gasteiger partial charge in [-0.3, -0.25) is 10.4 Å². The molecule has 1 aliphatic heterocycles. The van der Waals surface area contributed by atoms with E-state index in [0.29, 0.717) is 18.5 Å². The Morgan fingerprint density at radius 2 is 2.20 bits per heavy atom. The van der Waals surface area contributed by atoms with E-state index in [-0.39, 0.29) is 5.84 Å². The lowest BCUT2D eigenvalue weighted by atomic mass is 10.1. The van der Waals surface area contributed by atoms with Gasteiger partial charge in [-0.05, 0) is 19.4 Å². The second-order valence-corrected chi connectivity index (χ2v) is 5.62. The van der Waals surface area contributed by atoms with E-state index in [2.05, 4.69) is 9.88 Å². The maximum Gasteiger partial charge on any atom is 0.126 e. The van der Waals surface area contributed by atoms with E-state index in [9.17, 15) is 5.11 Å². The summed E-state index contributed by atoms with van der Waals surface area (Å²) in [5.41, 5.74) is 7.40. The third kappa shape index (κ3) is 2.10. The number of benzene rings is 1. The molecule has 2 heterocycles. The molecular formula is C15H18N4O. The highest BCUT2D eigenvalue weighted by atomic mass is 16.3. The van der Waals surface area contributed by atoms with Crippen LogP contribution in [0.5, 0.6) is 0 Å². The van der Waals surface area contributed by atoms with Gasteiger partial charge in [0.05, 0.1) is 22.4 Å². The molecule has 1 unspecified atom stereocenters. The van der Waals surface area contributed by atoms with Crippen LogP contribution in [-0.4, -0.2) is 34.6 Å². The number of anilines is 1. The summed E-state index contributed by atoms with van der Waals surface area (Å²) in [5, 5.41) is 18.9. The van der Waals surface area contributed by atoms with E-state index in [1.54, 1.807) is 6.20 Å². The Kier molecular flexibility index (Phi) is 2.87. The number of amidine groups is 1. The Hall–Kier alpha value is -2.14. The van der Waals surface area contributed by atoms with Gasteiger partial charge in [0, 0.05) is 24.7 Å². The number of hydrogen-bond donors (Lipinski definition) is 3. The number of β-amino-alcohol motifs (C(OH)–C–C–N with tert-alkyl or cyclic N) is 1. The number of nitrogens with one attached hydrogen (secondary N) is 1. The van der Waals surface area contributed by atoms with Gasteiger partial charge in [0.25, 0.3) is 0 Å². The minimum Gasteiger partial charge on any atom is -0.388 e. The Morgan fingerprint density at radius 1 is 1.45 bits per heavy atom. The Morgan fingerprint density at radius 3 is 2.85 bits per heavy atom. The van der Waals surface area contributed by atoms with Crippen molar-refractivity contribution in [3.8, 4) is 0 Å². The summed E-state index contributed by atoms with van der Waals surface area (Å²) >= 11 is 0. The fourth-order valence-corrected chi connectivity index (χ4v) is 2.80. The van der Waals surface area contributed by atoms with Crippen molar-refractivity contribution in [3.05, 3.63) is 36.0 Å². The fourth-order valence-electron chi connectivity index (χ4n) is 2.80. The summed E-state index contributed by atoms with van der Waals surface area (Å²) in [4.78, 5) is 6.46. The molecule has 1 saturated heterocycles. The van der Waals surface area contributed by atoms with Crippen LogP contribution in [0.2, 0.25) is 0 Å². The van der Waals surface area contributed by atoms with Crippen molar-refractivity contribution in [3.63, 3.8) is 0 Å². The zero-order valence-electron chi connectivity index (χ0n) is 11.4. The predicted molar refractivity (Wildman–Crippen MR) is 80.2 cm³/mol. The number of nitrogen functional groups attached to an aromatic ring is 1. The van der Waals surface area contributed by atoms with Crippen LogP contribution in [0.3, 0.4) is 0 Å². The van der Waals surface area contributed by atoms with Crippen LogP contribution in [0.1, 0.15) is 18.9 Å². The molecule has 0 amide bonds. The molecular weight excluding hydrogens is 252 g/mol. The van der Waals surface area contributed by atoms with E-state index < -0.39 is 5.60 Å². The molecule has 1 aromatic carbocycles. The van der Waals surface area contributed by atoms with E-state index in [1.807, 2.05) is 31.2 Å². The van der Waals surface area contributed by atoms with Crippen LogP contribution in [0.4, 0.5) is 5.69 Å². The third-order valence-corrected chi connectivity index (χ3v) is 3.81. The Bertz CT molecular complexity index is 681.